The van der Waals surface area contributed by atoms with Gasteiger partial charge < -0.3 is 5.73 Å². The van der Waals surface area contributed by atoms with Gasteiger partial charge in [0.05, 0.1) is 5.69 Å². The van der Waals surface area contributed by atoms with Crippen LogP contribution in [0.4, 0.5) is 5.69 Å². The van der Waals surface area contributed by atoms with Crippen LogP contribution in [0.15, 0.2) is 33.6 Å². The number of rotatable bonds is 4. The Labute approximate surface area is 135 Å². The van der Waals surface area contributed by atoms with E-state index in [-0.39, 0.29) is 4.90 Å². The SMILES string of the molecule is Cc1sc(CN)cc1S(=O)(=O)Nc1cc(Cl)ccc1Br. The van der Waals surface area contributed by atoms with Crippen molar-refractivity contribution in [2.75, 3.05) is 4.72 Å². The lowest BCUT2D eigenvalue weighted by atomic mass is 10.3. The molecule has 1 aromatic heterocycles. The van der Waals surface area contributed by atoms with Gasteiger partial charge in [-0.1, -0.05) is 11.6 Å². The first-order valence-corrected chi connectivity index (χ1v) is 9.08. The molecular weight excluding hydrogens is 384 g/mol. The van der Waals surface area contributed by atoms with Crippen LogP contribution in [-0.4, -0.2) is 8.42 Å². The maximum Gasteiger partial charge on any atom is 0.263 e. The van der Waals surface area contributed by atoms with Crippen molar-refractivity contribution in [3.8, 4) is 0 Å². The van der Waals surface area contributed by atoms with Gasteiger partial charge in [0.15, 0.2) is 0 Å². The molecule has 108 valence electrons. The lowest BCUT2D eigenvalue weighted by molar-refractivity contribution is 0.601. The van der Waals surface area contributed by atoms with Gasteiger partial charge in [0.1, 0.15) is 4.90 Å². The second-order valence-corrected chi connectivity index (χ2v) is 8.35. The predicted octanol–water partition coefficient (Wildman–Crippen LogP) is 3.73. The molecule has 20 heavy (non-hydrogen) atoms. The third-order valence-electron chi connectivity index (χ3n) is 2.59. The van der Waals surface area contributed by atoms with Gasteiger partial charge in [-0.2, -0.15) is 0 Å². The standard InChI is InChI=1S/C12H12BrClN2O2S2/c1-7-12(5-9(6-15)19-7)20(17,18)16-11-4-8(14)2-3-10(11)13/h2-5,16H,6,15H2,1H3. The molecular formula is C12H12BrClN2O2S2. The molecule has 0 aliphatic rings. The molecule has 0 saturated heterocycles. The first-order valence-electron chi connectivity index (χ1n) is 5.60. The summed E-state index contributed by atoms with van der Waals surface area (Å²) in [5.41, 5.74) is 5.94. The van der Waals surface area contributed by atoms with Gasteiger partial charge in [0.25, 0.3) is 10.0 Å². The average molecular weight is 396 g/mol. The fourth-order valence-electron chi connectivity index (χ4n) is 1.67. The number of halogens is 2. The van der Waals surface area contributed by atoms with Crippen molar-refractivity contribution in [2.24, 2.45) is 5.73 Å². The Morgan fingerprint density at radius 2 is 2.10 bits per heavy atom. The summed E-state index contributed by atoms with van der Waals surface area (Å²) in [5, 5.41) is 0.454. The summed E-state index contributed by atoms with van der Waals surface area (Å²) in [6, 6.07) is 6.51. The molecule has 0 saturated carbocycles. The number of thiophene rings is 1. The molecule has 1 heterocycles. The van der Waals surface area contributed by atoms with E-state index in [2.05, 4.69) is 20.7 Å². The Hall–Kier alpha value is -0.600. The van der Waals surface area contributed by atoms with Crippen LogP contribution in [0.3, 0.4) is 0 Å². The van der Waals surface area contributed by atoms with Crippen LogP contribution in [-0.2, 0) is 16.6 Å². The lowest BCUT2D eigenvalue weighted by Crippen LogP contribution is -2.13. The fourth-order valence-corrected chi connectivity index (χ4v) is 4.90. The Morgan fingerprint density at radius 1 is 1.40 bits per heavy atom. The average Bonchev–Trinajstić information content (AvgIpc) is 2.76. The van der Waals surface area contributed by atoms with Gasteiger partial charge in [-0.3, -0.25) is 4.72 Å². The summed E-state index contributed by atoms with van der Waals surface area (Å²) >= 11 is 10.5. The summed E-state index contributed by atoms with van der Waals surface area (Å²) in [6.45, 7) is 2.08. The molecule has 0 radical (unpaired) electrons. The van der Waals surface area contributed by atoms with E-state index in [0.717, 1.165) is 4.88 Å². The maximum atomic E-state index is 12.4. The molecule has 4 nitrogen and oxygen atoms in total. The highest BCUT2D eigenvalue weighted by atomic mass is 79.9. The minimum Gasteiger partial charge on any atom is -0.326 e. The molecule has 0 amide bonds. The van der Waals surface area contributed by atoms with E-state index in [9.17, 15) is 8.42 Å². The number of hydrogen-bond donors (Lipinski definition) is 2. The van der Waals surface area contributed by atoms with Crippen molar-refractivity contribution in [3.05, 3.63) is 43.5 Å². The van der Waals surface area contributed by atoms with E-state index in [1.807, 2.05) is 0 Å². The second-order valence-electron chi connectivity index (χ2n) is 4.07. The van der Waals surface area contributed by atoms with Crippen LogP contribution in [0.1, 0.15) is 9.75 Å². The number of benzene rings is 1. The highest BCUT2D eigenvalue weighted by molar-refractivity contribution is 9.10. The Morgan fingerprint density at radius 3 is 2.70 bits per heavy atom. The van der Waals surface area contributed by atoms with Gasteiger partial charge in [-0.05, 0) is 47.1 Å². The molecule has 0 unspecified atom stereocenters. The first-order chi connectivity index (χ1) is 9.33. The largest absolute Gasteiger partial charge is 0.326 e. The molecule has 3 N–H and O–H groups in total. The zero-order valence-corrected chi connectivity index (χ0v) is 14.5. The third-order valence-corrected chi connectivity index (χ3v) is 6.21. The van der Waals surface area contributed by atoms with Crippen molar-refractivity contribution in [3.63, 3.8) is 0 Å². The number of sulfonamides is 1. The van der Waals surface area contributed by atoms with Crippen LogP contribution in [0.2, 0.25) is 5.02 Å². The Kier molecular flexibility index (Phi) is 4.76. The number of nitrogens with two attached hydrogens (primary N) is 1. The van der Waals surface area contributed by atoms with E-state index in [0.29, 0.717) is 26.6 Å². The highest BCUT2D eigenvalue weighted by Crippen LogP contribution is 2.31. The van der Waals surface area contributed by atoms with Crippen molar-refractivity contribution in [1.29, 1.82) is 0 Å². The van der Waals surface area contributed by atoms with Crippen molar-refractivity contribution < 1.29 is 8.42 Å². The molecule has 0 bridgehead atoms. The summed E-state index contributed by atoms with van der Waals surface area (Å²) in [7, 11) is -3.66. The fraction of sp³-hybridized carbons (Fsp3) is 0.167. The maximum absolute atomic E-state index is 12.4. The summed E-state index contributed by atoms with van der Waals surface area (Å²) in [4.78, 5) is 1.78. The van der Waals surface area contributed by atoms with E-state index in [1.54, 1.807) is 31.2 Å². The molecule has 0 aliphatic carbocycles. The molecule has 8 heteroatoms. The van der Waals surface area contributed by atoms with Crippen LogP contribution in [0, 0.1) is 6.92 Å². The van der Waals surface area contributed by atoms with Gasteiger partial charge in [0, 0.05) is 25.8 Å². The van der Waals surface area contributed by atoms with Crippen LogP contribution in [0.5, 0.6) is 0 Å². The smallest absolute Gasteiger partial charge is 0.263 e. The Bertz CT molecular complexity index is 744. The normalized spacial score (nSPS) is 11.6. The molecule has 0 spiro atoms. The van der Waals surface area contributed by atoms with Crippen molar-refractivity contribution in [2.45, 2.75) is 18.4 Å². The predicted molar refractivity (Wildman–Crippen MR) is 86.9 cm³/mol. The van der Waals surface area contributed by atoms with Gasteiger partial charge in [-0.15, -0.1) is 11.3 Å². The minimum absolute atomic E-state index is 0.245. The number of hydrogen-bond acceptors (Lipinski definition) is 4. The van der Waals surface area contributed by atoms with Gasteiger partial charge >= 0.3 is 0 Å². The Balaban J connectivity index is 2.40. The zero-order valence-electron chi connectivity index (χ0n) is 10.5. The number of nitrogens with one attached hydrogen (secondary N) is 1. The zero-order chi connectivity index (χ0) is 14.9. The summed E-state index contributed by atoms with van der Waals surface area (Å²) in [6.07, 6.45) is 0. The van der Waals surface area contributed by atoms with Gasteiger partial charge in [0.2, 0.25) is 0 Å². The first kappa shape index (κ1) is 15.8. The number of anilines is 1. The molecule has 0 atom stereocenters. The molecule has 2 rings (SSSR count). The minimum atomic E-state index is -3.66. The van der Waals surface area contributed by atoms with E-state index in [4.69, 9.17) is 17.3 Å². The lowest BCUT2D eigenvalue weighted by Gasteiger charge is -2.09. The van der Waals surface area contributed by atoms with Crippen molar-refractivity contribution >= 4 is 54.6 Å². The van der Waals surface area contributed by atoms with Crippen LogP contribution >= 0.6 is 38.9 Å². The molecule has 1 aromatic carbocycles. The van der Waals surface area contributed by atoms with E-state index >= 15 is 0 Å². The van der Waals surface area contributed by atoms with E-state index in [1.165, 1.54) is 11.3 Å². The molecule has 0 aliphatic heterocycles. The van der Waals surface area contributed by atoms with Crippen molar-refractivity contribution in [1.82, 2.24) is 0 Å². The van der Waals surface area contributed by atoms with Gasteiger partial charge in [-0.25, -0.2) is 8.42 Å². The highest BCUT2D eigenvalue weighted by Gasteiger charge is 2.20. The number of aryl methyl sites for hydroxylation is 1. The molecule has 2 aromatic rings. The monoisotopic (exact) mass is 394 g/mol. The molecule has 0 fully saturated rings. The third kappa shape index (κ3) is 3.35. The quantitative estimate of drug-likeness (QED) is 0.828. The second kappa shape index (κ2) is 6.03. The summed E-state index contributed by atoms with van der Waals surface area (Å²) < 4.78 is 28.0. The van der Waals surface area contributed by atoms with E-state index < -0.39 is 10.0 Å². The topological polar surface area (TPSA) is 72.2 Å². The van der Waals surface area contributed by atoms with Crippen LogP contribution in [0.25, 0.3) is 0 Å². The van der Waals surface area contributed by atoms with Crippen LogP contribution < -0.4 is 10.5 Å². The summed E-state index contributed by atoms with van der Waals surface area (Å²) in [5.74, 6) is 0.